The molecule has 21 heavy (non-hydrogen) atoms. The van der Waals surface area contributed by atoms with Crippen LogP contribution < -0.4 is 5.32 Å². The van der Waals surface area contributed by atoms with Crippen LogP contribution in [0.4, 0.5) is 5.82 Å². The Bertz CT molecular complexity index is 694. The van der Waals surface area contributed by atoms with E-state index in [9.17, 15) is 9.59 Å². The van der Waals surface area contributed by atoms with Crippen LogP contribution >= 0.6 is 0 Å². The molecule has 1 aromatic heterocycles. The van der Waals surface area contributed by atoms with Crippen molar-refractivity contribution in [2.24, 2.45) is 0 Å². The van der Waals surface area contributed by atoms with Gasteiger partial charge in [0.05, 0.1) is 5.41 Å². The lowest BCUT2D eigenvalue weighted by Crippen LogP contribution is -2.29. The number of carbonyl (C=O) groups is 2. The molecule has 1 aliphatic rings. The number of anilines is 1. The summed E-state index contributed by atoms with van der Waals surface area (Å²) in [7, 11) is 0. The van der Waals surface area contributed by atoms with E-state index in [0.717, 1.165) is 18.4 Å². The van der Waals surface area contributed by atoms with Crippen molar-refractivity contribution in [3.8, 4) is 0 Å². The number of nitrogens with one attached hydrogen (secondary N) is 1. The van der Waals surface area contributed by atoms with Crippen LogP contribution in [0.15, 0.2) is 48.7 Å². The van der Waals surface area contributed by atoms with Crippen molar-refractivity contribution in [1.82, 2.24) is 4.98 Å². The van der Waals surface area contributed by atoms with Crippen LogP contribution in [0.1, 0.15) is 28.8 Å². The number of amides is 1. The van der Waals surface area contributed by atoms with Crippen LogP contribution in [0.5, 0.6) is 0 Å². The molecule has 5 nitrogen and oxygen atoms in total. The molecule has 1 fully saturated rings. The second-order valence-electron chi connectivity index (χ2n) is 5.11. The summed E-state index contributed by atoms with van der Waals surface area (Å²) in [6, 6.07) is 12.5. The largest absolute Gasteiger partial charge is 0.478 e. The predicted molar refractivity (Wildman–Crippen MR) is 77.2 cm³/mol. The zero-order valence-corrected chi connectivity index (χ0v) is 11.2. The molecule has 1 heterocycles. The van der Waals surface area contributed by atoms with Crippen molar-refractivity contribution < 1.29 is 14.7 Å². The van der Waals surface area contributed by atoms with Crippen molar-refractivity contribution in [2.75, 3.05) is 5.32 Å². The average molecular weight is 282 g/mol. The molecule has 2 aromatic rings. The Balaban J connectivity index is 1.87. The second kappa shape index (κ2) is 5.01. The molecule has 0 atom stereocenters. The summed E-state index contributed by atoms with van der Waals surface area (Å²) >= 11 is 0. The van der Waals surface area contributed by atoms with Gasteiger partial charge in [0.15, 0.2) is 0 Å². The Morgan fingerprint density at radius 2 is 1.81 bits per heavy atom. The van der Waals surface area contributed by atoms with E-state index in [0.29, 0.717) is 0 Å². The van der Waals surface area contributed by atoms with Gasteiger partial charge in [-0.3, -0.25) is 4.79 Å². The highest BCUT2D eigenvalue weighted by Crippen LogP contribution is 2.48. The van der Waals surface area contributed by atoms with Gasteiger partial charge in [-0.05, 0) is 30.5 Å². The summed E-state index contributed by atoms with van der Waals surface area (Å²) in [5, 5.41) is 11.8. The minimum atomic E-state index is -1.11. The number of carbonyl (C=O) groups excluding carboxylic acids is 1. The molecular weight excluding hydrogens is 268 g/mol. The number of hydrogen-bond donors (Lipinski definition) is 2. The first kappa shape index (κ1) is 13.3. The number of aromatic carboxylic acids is 1. The van der Waals surface area contributed by atoms with Crippen LogP contribution in [-0.4, -0.2) is 22.0 Å². The maximum Gasteiger partial charge on any atom is 0.339 e. The summed E-state index contributed by atoms with van der Waals surface area (Å²) < 4.78 is 0. The van der Waals surface area contributed by atoms with Crippen molar-refractivity contribution >= 4 is 17.7 Å². The average Bonchev–Trinajstić information content (AvgIpc) is 3.30. The normalized spacial score (nSPS) is 15.2. The molecule has 0 aliphatic heterocycles. The van der Waals surface area contributed by atoms with Crippen molar-refractivity contribution in [2.45, 2.75) is 18.3 Å². The topological polar surface area (TPSA) is 79.3 Å². The number of pyridine rings is 1. The molecule has 1 aliphatic carbocycles. The summed E-state index contributed by atoms with van der Waals surface area (Å²) in [5.41, 5.74) is 0.402. The zero-order valence-electron chi connectivity index (χ0n) is 11.2. The second-order valence-corrected chi connectivity index (χ2v) is 5.11. The highest BCUT2D eigenvalue weighted by Gasteiger charge is 2.51. The number of rotatable bonds is 4. The fourth-order valence-corrected chi connectivity index (χ4v) is 2.43. The third-order valence-corrected chi connectivity index (χ3v) is 3.78. The quantitative estimate of drug-likeness (QED) is 0.902. The van der Waals surface area contributed by atoms with E-state index in [1.165, 1.54) is 18.3 Å². The van der Waals surface area contributed by atoms with Crippen LogP contribution in [0, 0.1) is 0 Å². The SMILES string of the molecule is O=C(O)c1cccnc1NC(=O)C1(c2ccccc2)CC1. The molecule has 106 valence electrons. The molecule has 2 N–H and O–H groups in total. The van der Waals surface area contributed by atoms with Crippen LogP contribution in [0.3, 0.4) is 0 Å². The van der Waals surface area contributed by atoms with Gasteiger partial charge in [-0.1, -0.05) is 30.3 Å². The number of aromatic nitrogens is 1. The van der Waals surface area contributed by atoms with E-state index in [2.05, 4.69) is 10.3 Å². The molecule has 0 saturated heterocycles. The molecule has 0 spiro atoms. The number of nitrogens with zero attached hydrogens (tertiary/aromatic N) is 1. The Morgan fingerprint density at radius 3 is 2.43 bits per heavy atom. The van der Waals surface area contributed by atoms with E-state index in [4.69, 9.17) is 5.11 Å². The standard InChI is InChI=1S/C16H14N2O3/c19-14(20)12-7-4-10-17-13(12)18-15(21)16(8-9-16)11-5-2-1-3-6-11/h1-7,10H,8-9H2,(H,19,20)(H,17,18,21). The molecule has 5 heteroatoms. The van der Waals surface area contributed by atoms with Gasteiger partial charge in [0, 0.05) is 6.20 Å². The van der Waals surface area contributed by atoms with Gasteiger partial charge in [-0.15, -0.1) is 0 Å². The van der Waals surface area contributed by atoms with E-state index >= 15 is 0 Å². The van der Waals surface area contributed by atoms with E-state index in [-0.39, 0.29) is 17.3 Å². The van der Waals surface area contributed by atoms with E-state index in [1.807, 2.05) is 30.3 Å². The van der Waals surface area contributed by atoms with Gasteiger partial charge in [0.1, 0.15) is 11.4 Å². The molecule has 1 amide bonds. The molecule has 1 saturated carbocycles. The Morgan fingerprint density at radius 1 is 1.10 bits per heavy atom. The van der Waals surface area contributed by atoms with Crippen LogP contribution in [0.25, 0.3) is 0 Å². The van der Waals surface area contributed by atoms with Gasteiger partial charge >= 0.3 is 5.97 Å². The molecular formula is C16H14N2O3. The van der Waals surface area contributed by atoms with Crippen molar-refractivity contribution in [3.63, 3.8) is 0 Å². The fourth-order valence-electron chi connectivity index (χ4n) is 2.43. The van der Waals surface area contributed by atoms with Crippen molar-refractivity contribution in [3.05, 3.63) is 59.8 Å². The lowest BCUT2D eigenvalue weighted by Gasteiger charge is -2.16. The maximum atomic E-state index is 12.5. The lowest BCUT2D eigenvalue weighted by atomic mass is 9.95. The lowest BCUT2D eigenvalue weighted by molar-refractivity contribution is -0.118. The maximum absolute atomic E-state index is 12.5. The Labute approximate surface area is 121 Å². The smallest absolute Gasteiger partial charge is 0.339 e. The van der Waals surface area contributed by atoms with E-state index in [1.54, 1.807) is 0 Å². The Kier molecular flexibility index (Phi) is 3.17. The van der Waals surface area contributed by atoms with Crippen LogP contribution in [0.2, 0.25) is 0 Å². The van der Waals surface area contributed by atoms with Gasteiger partial charge in [0.25, 0.3) is 0 Å². The minimum absolute atomic E-state index is 0.00490. The summed E-state index contributed by atoms with van der Waals surface area (Å²) in [6.07, 6.45) is 2.99. The van der Waals surface area contributed by atoms with Gasteiger partial charge < -0.3 is 10.4 Å². The fraction of sp³-hybridized carbons (Fsp3) is 0.188. The minimum Gasteiger partial charge on any atom is -0.478 e. The molecule has 3 rings (SSSR count). The van der Waals surface area contributed by atoms with Gasteiger partial charge in [-0.25, -0.2) is 9.78 Å². The third-order valence-electron chi connectivity index (χ3n) is 3.78. The number of benzene rings is 1. The number of carboxylic acid groups (broad SMARTS) is 1. The first-order valence-corrected chi connectivity index (χ1v) is 6.69. The van der Waals surface area contributed by atoms with Crippen molar-refractivity contribution in [1.29, 1.82) is 0 Å². The number of hydrogen-bond acceptors (Lipinski definition) is 3. The van der Waals surface area contributed by atoms with Gasteiger partial charge in [-0.2, -0.15) is 0 Å². The molecule has 1 aromatic carbocycles. The van der Waals surface area contributed by atoms with Crippen LogP contribution in [-0.2, 0) is 10.2 Å². The monoisotopic (exact) mass is 282 g/mol. The summed E-state index contributed by atoms with van der Waals surface area (Å²) in [5.74, 6) is -1.21. The first-order valence-electron chi connectivity index (χ1n) is 6.69. The predicted octanol–water partition coefficient (Wildman–Crippen LogP) is 2.45. The van der Waals surface area contributed by atoms with Gasteiger partial charge in [0.2, 0.25) is 5.91 Å². The summed E-state index contributed by atoms with van der Waals surface area (Å²) in [4.78, 5) is 27.6. The molecule has 0 unspecified atom stereocenters. The first-order chi connectivity index (χ1) is 10.1. The molecule has 0 bridgehead atoms. The number of carboxylic acids is 1. The summed E-state index contributed by atoms with van der Waals surface area (Å²) in [6.45, 7) is 0. The zero-order chi connectivity index (χ0) is 14.9. The molecule has 0 radical (unpaired) electrons. The highest BCUT2D eigenvalue weighted by molar-refractivity contribution is 6.04. The van der Waals surface area contributed by atoms with E-state index < -0.39 is 11.4 Å². The highest BCUT2D eigenvalue weighted by atomic mass is 16.4. The Hall–Kier alpha value is -2.69. The third kappa shape index (κ3) is 2.38.